The van der Waals surface area contributed by atoms with Crippen LogP contribution in [-0.2, 0) is 6.61 Å². The van der Waals surface area contributed by atoms with E-state index in [1.165, 1.54) is 27.8 Å². The molecule has 0 heterocycles. The Labute approximate surface area is 294 Å². The van der Waals surface area contributed by atoms with Crippen LogP contribution >= 0.6 is 0 Å². The number of hydrogen-bond acceptors (Lipinski definition) is 3. The molecule has 0 aliphatic carbocycles. The second-order valence-electron chi connectivity index (χ2n) is 11.3. The lowest BCUT2D eigenvalue weighted by Gasteiger charge is -2.10. The van der Waals surface area contributed by atoms with E-state index in [2.05, 4.69) is 72.8 Å². The fraction of sp³-hybridized carbons (Fsp3) is 0.0213. The van der Waals surface area contributed by atoms with Gasteiger partial charge < -0.3 is 15.3 Å². The summed E-state index contributed by atoms with van der Waals surface area (Å²) >= 11 is 0. The largest absolute Gasteiger partial charge is 0.508 e. The van der Waals surface area contributed by atoms with E-state index in [0.717, 1.165) is 21.9 Å². The van der Waals surface area contributed by atoms with Crippen LogP contribution in [0.1, 0.15) is 5.56 Å². The lowest BCUT2D eigenvalue weighted by molar-refractivity contribution is 0.282. The summed E-state index contributed by atoms with van der Waals surface area (Å²) in [4.78, 5) is 0. The maximum Gasteiger partial charge on any atom is 0.123 e. The predicted octanol–water partition coefficient (Wildman–Crippen LogP) is 11.8. The van der Waals surface area contributed by atoms with Crippen molar-refractivity contribution in [2.45, 2.75) is 6.61 Å². The number of phenols is 2. The van der Waals surface area contributed by atoms with Gasteiger partial charge in [-0.25, -0.2) is 0 Å². The molecule has 8 aromatic rings. The summed E-state index contributed by atoms with van der Waals surface area (Å²) in [6.07, 6.45) is 0. The minimum absolute atomic E-state index is 0.140. The van der Waals surface area contributed by atoms with Crippen LogP contribution in [0.2, 0.25) is 0 Å². The maximum absolute atomic E-state index is 9.39. The van der Waals surface area contributed by atoms with Crippen LogP contribution in [0.4, 0.5) is 0 Å². The quantitative estimate of drug-likeness (QED) is 0.177. The van der Waals surface area contributed by atoms with Crippen LogP contribution in [0.15, 0.2) is 212 Å². The number of aliphatic hydroxyl groups excluding tert-OH is 1. The molecule has 0 fully saturated rings. The topological polar surface area (TPSA) is 60.7 Å². The summed E-state index contributed by atoms with van der Waals surface area (Å²) in [5, 5.41) is 29.3. The smallest absolute Gasteiger partial charge is 0.123 e. The molecule has 0 radical (unpaired) electrons. The van der Waals surface area contributed by atoms with Crippen LogP contribution in [0, 0.1) is 0 Å². The van der Waals surface area contributed by atoms with Crippen LogP contribution < -0.4 is 0 Å². The first-order valence-corrected chi connectivity index (χ1v) is 16.5. The first-order valence-electron chi connectivity index (χ1n) is 16.5. The summed E-state index contributed by atoms with van der Waals surface area (Å²) in [6.45, 7) is 0.140. The maximum atomic E-state index is 9.39. The predicted molar refractivity (Wildman–Crippen MR) is 209 cm³/mol. The van der Waals surface area contributed by atoms with Crippen molar-refractivity contribution >= 4 is 10.8 Å². The van der Waals surface area contributed by atoms with Gasteiger partial charge in [0.2, 0.25) is 0 Å². The number of benzene rings is 8. The molecule has 0 aliphatic heterocycles. The molecule has 0 spiro atoms. The molecule has 0 unspecified atom stereocenters. The van der Waals surface area contributed by atoms with Crippen molar-refractivity contribution in [2.24, 2.45) is 0 Å². The van der Waals surface area contributed by atoms with Gasteiger partial charge in [-0.1, -0.05) is 194 Å². The molecule has 0 saturated heterocycles. The van der Waals surface area contributed by atoms with Gasteiger partial charge in [-0.05, 0) is 62.5 Å². The fourth-order valence-electron chi connectivity index (χ4n) is 5.30. The van der Waals surface area contributed by atoms with E-state index < -0.39 is 0 Å². The highest BCUT2D eigenvalue weighted by Gasteiger charge is 2.06. The monoisotopic (exact) mass is 652 g/mol. The molecule has 3 nitrogen and oxygen atoms in total. The van der Waals surface area contributed by atoms with E-state index in [9.17, 15) is 10.2 Å². The molecule has 8 aromatic carbocycles. The summed E-state index contributed by atoms with van der Waals surface area (Å²) in [5.41, 5.74) is 8.20. The van der Waals surface area contributed by atoms with Crippen LogP contribution in [0.5, 0.6) is 11.5 Å². The molecule has 0 bridgehead atoms. The SMILES string of the molecule is OCc1ccccc1.Oc1ccc(-c2ccccc2-c2ccccc2)cc1.Oc1cccc2ccccc12.c1ccc(-c2ccccc2)cc1. The first-order chi connectivity index (χ1) is 24.6. The van der Waals surface area contributed by atoms with Crippen molar-refractivity contribution in [2.75, 3.05) is 0 Å². The molecule has 0 amide bonds. The lowest BCUT2D eigenvalue weighted by Crippen LogP contribution is -1.84. The van der Waals surface area contributed by atoms with E-state index in [4.69, 9.17) is 5.11 Å². The number of fused-ring (bicyclic) bond motifs is 1. The Morgan fingerprint density at radius 1 is 0.320 bits per heavy atom. The van der Waals surface area contributed by atoms with Crippen molar-refractivity contribution < 1.29 is 15.3 Å². The number of phenolic OH excluding ortho intramolecular Hbond substituents is 2. The Bertz CT molecular complexity index is 2090. The highest BCUT2D eigenvalue weighted by molar-refractivity contribution is 5.87. The Kier molecular flexibility index (Phi) is 13.1. The standard InChI is InChI=1S/C18H14O.C12H10.C10H8O.C7H8O/c19-16-12-10-15(11-13-16)18-9-5-4-8-17(18)14-6-2-1-3-7-14;1-3-7-11(8-4-1)12-9-5-2-6-10-12;11-10-7-3-5-8-4-1-2-6-9(8)10;8-6-7-4-2-1-3-5-7/h1-13,19H;1-10H;1-7,11H;1-5,8H,6H2. The number of aromatic hydroxyl groups is 2. The van der Waals surface area contributed by atoms with Crippen molar-refractivity contribution in [3.63, 3.8) is 0 Å². The van der Waals surface area contributed by atoms with Gasteiger partial charge in [0.25, 0.3) is 0 Å². The molecule has 50 heavy (non-hydrogen) atoms. The molecule has 246 valence electrons. The van der Waals surface area contributed by atoms with Gasteiger partial charge in [0.15, 0.2) is 0 Å². The third-order valence-corrected chi connectivity index (χ3v) is 7.86. The molecule has 3 N–H and O–H groups in total. The van der Waals surface area contributed by atoms with Crippen molar-refractivity contribution in [3.05, 3.63) is 218 Å². The Morgan fingerprint density at radius 2 is 0.720 bits per heavy atom. The number of rotatable bonds is 4. The van der Waals surface area contributed by atoms with Gasteiger partial charge in [-0.2, -0.15) is 0 Å². The van der Waals surface area contributed by atoms with Gasteiger partial charge in [-0.15, -0.1) is 0 Å². The average Bonchev–Trinajstić information content (AvgIpc) is 3.20. The van der Waals surface area contributed by atoms with E-state index in [-0.39, 0.29) is 6.61 Å². The van der Waals surface area contributed by atoms with Crippen molar-refractivity contribution in [1.82, 2.24) is 0 Å². The molecular weight excluding hydrogens is 613 g/mol. The van der Waals surface area contributed by atoms with E-state index in [1.54, 1.807) is 18.2 Å². The second kappa shape index (κ2) is 18.8. The third-order valence-electron chi connectivity index (χ3n) is 7.86. The second-order valence-corrected chi connectivity index (χ2v) is 11.3. The zero-order valence-electron chi connectivity index (χ0n) is 27.8. The fourth-order valence-corrected chi connectivity index (χ4v) is 5.30. The summed E-state index contributed by atoms with van der Waals surface area (Å²) in [5.74, 6) is 0.643. The Morgan fingerprint density at radius 3 is 1.20 bits per heavy atom. The zero-order valence-corrected chi connectivity index (χ0v) is 27.8. The van der Waals surface area contributed by atoms with Crippen LogP contribution in [-0.4, -0.2) is 15.3 Å². The highest BCUT2D eigenvalue weighted by atomic mass is 16.3. The van der Waals surface area contributed by atoms with Crippen molar-refractivity contribution in [3.8, 4) is 44.9 Å². The molecule has 0 aromatic heterocycles. The van der Waals surface area contributed by atoms with Crippen LogP contribution in [0.25, 0.3) is 44.2 Å². The minimum atomic E-state index is 0.140. The molecule has 0 aliphatic rings. The molecule has 8 rings (SSSR count). The minimum Gasteiger partial charge on any atom is -0.508 e. The van der Waals surface area contributed by atoms with Gasteiger partial charge in [0.1, 0.15) is 11.5 Å². The summed E-state index contributed by atoms with van der Waals surface area (Å²) in [7, 11) is 0. The van der Waals surface area contributed by atoms with Gasteiger partial charge in [0, 0.05) is 5.39 Å². The third kappa shape index (κ3) is 10.3. The highest BCUT2D eigenvalue weighted by Crippen LogP contribution is 2.32. The van der Waals surface area contributed by atoms with Crippen molar-refractivity contribution in [1.29, 1.82) is 0 Å². The normalized spacial score (nSPS) is 9.94. The number of hydrogen-bond donors (Lipinski definition) is 3. The zero-order chi connectivity index (χ0) is 34.8. The Hall–Kier alpha value is -6.42. The molecule has 0 atom stereocenters. The van der Waals surface area contributed by atoms with Gasteiger partial charge in [-0.3, -0.25) is 0 Å². The molecule has 0 saturated carbocycles. The summed E-state index contributed by atoms with van der Waals surface area (Å²) < 4.78 is 0. The van der Waals surface area contributed by atoms with Gasteiger partial charge in [0.05, 0.1) is 6.61 Å². The van der Waals surface area contributed by atoms with Gasteiger partial charge >= 0.3 is 0 Å². The van der Waals surface area contributed by atoms with E-state index in [1.807, 2.05) is 121 Å². The summed E-state index contributed by atoms with van der Waals surface area (Å²) in [6, 6.07) is 69.6. The molecule has 3 heteroatoms. The van der Waals surface area contributed by atoms with E-state index >= 15 is 0 Å². The Balaban J connectivity index is 0.000000137. The first kappa shape index (κ1) is 34.9. The number of aliphatic hydroxyl groups is 1. The molecular formula is C47H40O3. The lowest BCUT2D eigenvalue weighted by atomic mass is 9.95. The van der Waals surface area contributed by atoms with Crippen LogP contribution in [0.3, 0.4) is 0 Å². The van der Waals surface area contributed by atoms with E-state index in [0.29, 0.717) is 11.5 Å². The average molecular weight is 653 g/mol.